The minimum atomic E-state index is -0.416. The Morgan fingerprint density at radius 1 is 1.14 bits per heavy atom. The lowest BCUT2D eigenvalue weighted by Crippen LogP contribution is -2.31. The molecule has 1 heterocycles. The summed E-state index contributed by atoms with van der Waals surface area (Å²) in [6, 6.07) is 11.8. The number of fused-ring (bicyclic) bond motifs is 1. The highest BCUT2D eigenvalue weighted by molar-refractivity contribution is 6.22. The molecule has 0 aromatic heterocycles. The normalized spacial score (nSPS) is 23.2. The Morgan fingerprint density at radius 2 is 1.90 bits per heavy atom. The quantitative estimate of drug-likeness (QED) is 0.441. The number of rotatable bonds is 5. The van der Waals surface area contributed by atoms with E-state index in [0.29, 0.717) is 23.4 Å². The van der Waals surface area contributed by atoms with Crippen LogP contribution in [0.5, 0.6) is 5.75 Å². The summed E-state index contributed by atoms with van der Waals surface area (Å²) in [4.78, 5) is 39.2. The van der Waals surface area contributed by atoms with Crippen molar-refractivity contribution < 1.29 is 23.5 Å². The minimum absolute atomic E-state index is 0.0166. The van der Waals surface area contributed by atoms with Gasteiger partial charge < -0.3 is 4.74 Å². The molecule has 3 atom stereocenters. The zero-order chi connectivity index (χ0) is 20.5. The standard InChI is InChI=1S/C23H20FNO4/c1-14-4-2-7-19-21(14)23(28)25(22(19)27)17-5-3-6-18(12-17)29-13-20(26)15-8-10-16(24)11-9-15/h2-6,8-12,14,19,21H,7,13H2,1H3/t14-,19+,21-/m1/s1. The molecule has 4 rings (SSSR count). The lowest BCUT2D eigenvalue weighted by molar-refractivity contribution is -0.122. The molecule has 2 aromatic carbocycles. The molecule has 0 saturated carbocycles. The Bertz CT molecular complexity index is 998. The third-order valence-corrected chi connectivity index (χ3v) is 5.48. The van der Waals surface area contributed by atoms with E-state index in [4.69, 9.17) is 4.74 Å². The van der Waals surface area contributed by atoms with E-state index < -0.39 is 5.82 Å². The van der Waals surface area contributed by atoms with Crippen LogP contribution in [0, 0.1) is 23.6 Å². The van der Waals surface area contributed by atoms with Crippen molar-refractivity contribution in [1.82, 2.24) is 0 Å². The summed E-state index contributed by atoms with van der Waals surface area (Å²) in [7, 11) is 0. The third kappa shape index (κ3) is 3.58. The topological polar surface area (TPSA) is 63.7 Å². The second-order valence-corrected chi connectivity index (χ2v) is 7.38. The van der Waals surface area contributed by atoms with Gasteiger partial charge in [0.15, 0.2) is 12.4 Å². The summed E-state index contributed by atoms with van der Waals surface area (Å²) in [5.41, 5.74) is 0.784. The zero-order valence-electron chi connectivity index (χ0n) is 15.9. The van der Waals surface area contributed by atoms with E-state index in [0.717, 1.165) is 0 Å². The fourth-order valence-corrected chi connectivity index (χ4v) is 3.98. The average molecular weight is 393 g/mol. The van der Waals surface area contributed by atoms with E-state index in [1.165, 1.54) is 29.2 Å². The van der Waals surface area contributed by atoms with Crippen LogP contribution in [0.3, 0.4) is 0 Å². The Hall–Kier alpha value is -3.28. The van der Waals surface area contributed by atoms with Gasteiger partial charge in [-0.1, -0.05) is 25.1 Å². The first kappa shape index (κ1) is 19.1. The van der Waals surface area contributed by atoms with Gasteiger partial charge in [0.25, 0.3) is 0 Å². The number of Topliss-reactive ketones (excluding diaryl/α,β-unsaturated/α-hetero) is 1. The van der Waals surface area contributed by atoms with Crippen LogP contribution in [0.15, 0.2) is 60.7 Å². The van der Waals surface area contributed by atoms with Crippen LogP contribution in [-0.4, -0.2) is 24.2 Å². The number of ketones is 1. The molecule has 1 saturated heterocycles. The van der Waals surface area contributed by atoms with Gasteiger partial charge in [-0.3, -0.25) is 14.4 Å². The number of hydrogen-bond acceptors (Lipinski definition) is 4. The van der Waals surface area contributed by atoms with Crippen molar-refractivity contribution in [3.63, 3.8) is 0 Å². The maximum atomic E-state index is 13.0. The summed E-state index contributed by atoms with van der Waals surface area (Å²) in [6.45, 7) is 1.71. The van der Waals surface area contributed by atoms with Crippen molar-refractivity contribution in [3.8, 4) is 5.75 Å². The predicted octanol–water partition coefficient (Wildman–Crippen LogP) is 3.79. The van der Waals surface area contributed by atoms with Crippen LogP contribution in [0.2, 0.25) is 0 Å². The number of carbonyl (C=O) groups excluding carboxylic acids is 3. The highest BCUT2D eigenvalue weighted by Crippen LogP contribution is 2.40. The molecule has 6 heteroatoms. The highest BCUT2D eigenvalue weighted by Gasteiger charge is 2.50. The highest BCUT2D eigenvalue weighted by atomic mass is 19.1. The zero-order valence-corrected chi connectivity index (χ0v) is 15.9. The molecule has 2 aliphatic rings. The van der Waals surface area contributed by atoms with Crippen molar-refractivity contribution in [2.45, 2.75) is 13.3 Å². The largest absolute Gasteiger partial charge is 0.485 e. The molecule has 1 aliphatic heterocycles. The first-order valence-corrected chi connectivity index (χ1v) is 9.52. The van der Waals surface area contributed by atoms with E-state index >= 15 is 0 Å². The van der Waals surface area contributed by atoms with Gasteiger partial charge in [-0.15, -0.1) is 0 Å². The molecular formula is C23H20FNO4. The molecule has 29 heavy (non-hydrogen) atoms. The number of benzene rings is 2. The molecule has 5 nitrogen and oxygen atoms in total. The third-order valence-electron chi connectivity index (χ3n) is 5.48. The number of anilines is 1. The molecule has 0 spiro atoms. The van der Waals surface area contributed by atoms with Gasteiger partial charge in [-0.25, -0.2) is 9.29 Å². The molecule has 2 amide bonds. The summed E-state index contributed by atoms with van der Waals surface area (Å²) in [6.07, 6.45) is 4.51. The van der Waals surface area contributed by atoms with Crippen molar-refractivity contribution in [2.24, 2.45) is 17.8 Å². The van der Waals surface area contributed by atoms with Crippen molar-refractivity contribution in [2.75, 3.05) is 11.5 Å². The monoisotopic (exact) mass is 393 g/mol. The number of hydrogen-bond donors (Lipinski definition) is 0. The van der Waals surface area contributed by atoms with E-state index in [-0.39, 0.29) is 42.0 Å². The fraction of sp³-hybridized carbons (Fsp3) is 0.261. The summed E-state index contributed by atoms with van der Waals surface area (Å²) in [5.74, 6) is -1.38. The van der Waals surface area contributed by atoms with Crippen molar-refractivity contribution in [3.05, 3.63) is 72.1 Å². The molecule has 0 bridgehead atoms. The van der Waals surface area contributed by atoms with Crippen LogP contribution in [0.25, 0.3) is 0 Å². The molecule has 2 aromatic rings. The molecular weight excluding hydrogens is 373 g/mol. The molecule has 0 N–H and O–H groups in total. The van der Waals surface area contributed by atoms with Gasteiger partial charge in [-0.2, -0.15) is 0 Å². The van der Waals surface area contributed by atoms with Crippen molar-refractivity contribution >= 4 is 23.3 Å². The average Bonchev–Trinajstić information content (AvgIpc) is 2.98. The van der Waals surface area contributed by atoms with E-state index in [1.54, 1.807) is 24.3 Å². The first-order valence-electron chi connectivity index (χ1n) is 9.52. The van der Waals surface area contributed by atoms with Gasteiger partial charge in [0.05, 0.1) is 17.5 Å². The first-order chi connectivity index (χ1) is 14.0. The number of nitrogens with zero attached hydrogens (tertiary/aromatic N) is 1. The van der Waals surface area contributed by atoms with Crippen LogP contribution in [0.1, 0.15) is 23.7 Å². The molecule has 1 fully saturated rings. The number of ether oxygens (including phenoxy) is 1. The van der Waals surface area contributed by atoms with Gasteiger partial charge in [0.1, 0.15) is 11.6 Å². The molecule has 1 aliphatic carbocycles. The summed E-state index contributed by atoms with van der Waals surface area (Å²) < 4.78 is 18.5. The number of carbonyl (C=O) groups is 3. The van der Waals surface area contributed by atoms with E-state index in [1.807, 2.05) is 19.1 Å². The second kappa shape index (κ2) is 7.62. The minimum Gasteiger partial charge on any atom is -0.485 e. The number of imide groups is 1. The Balaban J connectivity index is 1.49. The second-order valence-electron chi connectivity index (χ2n) is 7.38. The van der Waals surface area contributed by atoms with E-state index in [2.05, 4.69) is 0 Å². The maximum Gasteiger partial charge on any atom is 0.238 e. The number of halogens is 1. The SMILES string of the molecule is C[C@@H]1C=CC[C@@H]2C(=O)N(c3cccc(OCC(=O)c4ccc(F)cc4)c3)C(=O)[C@H]12. The lowest BCUT2D eigenvalue weighted by atomic mass is 9.78. The molecule has 148 valence electrons. The van der Waals surface area contributed by atoms with Gasteiger partial charge in [-0.05, 0) is 48.7 Å². The fourth-order valence-electron chi connectivity index (χ4n) is 3.98. The molecule has 0 radical (unpaired) electrons. The van der Waals surface area contributed by atoms with Gasteiger partial charge >= 0.3 is 0 Å². The Kier molecular flexibility index (Phi) is 5.01. The summed E-state index contributed by atoms with van der Waals surface area (Å²) in [5, 5.41) is 0. The van der Waals surface area contributed by atoms with Crippen LogP contribution < -0.4 is 9.64 Å². The van der Waals surface area contributed by atoms with E-state index in [9.17, 15) is 18.8 Å². The number of allylic oxidation sites excluding steroid dienone is 2. The van der Waals surface area contributed by atoms with Crippen LogP contribution in [-0.2, 0) is 9.59 Å². The van der Waals surface area contributed by atoms with Crippen LogP contribution >= 0.6 is 0 Å². The van der Waals surface area contributed by atoms with Crippen LogP contribution in [0.4, 0.5) is 10.1 Å². The van der Waals surface area contributed by atoms with Gasteiger partial charge in [0, 0.05) is 11.6 Å². The molecule has 0 unspecified atom stereocenters. The lowest BCUT2D eigenvalue weighted by Gasteiger charge is -2.22. The number of amides is 2. The smallest absolute Gasteiger partial charge is 0.238 e. The van der Waals surface area contributed by atoms with Gasteiger partial charge in [0.2, 0.25) is 11.8 Å². The maximum absolute atomic E-state index is 13.0. The Morgan fingerprint density at radius 3 is 2.62 bits per heavy atom. The Labute approximate surface area is 167 Å². The summed E-state index contributed by atoms with van der Waals surface area (Å²) >= 11 is 0. The predicted molar refractivity (Wildman–Crippen MR) is 105 cm³/mol. The van der Waals surface area contributed by atoms with Crippen molar-refractivity contribution in [1.29, 1.82) is 0 Å².